The van der Waals surface area contributed by atoms with Gasteiger partial charge in [0.25, 0.3) is 0 Å². The molecule has 1 aliphatic heterocycles. The lowest BCUT2D eigenvalue weighted by molar-refractivity contribution is -0.134. The number of rotatable bonds is 4. The van der Waals surface area contributed by atoms with E-state index in [9.17, 15) is 4.79 Å². The first kappa shape index (κ1) is 17.8. The van der Waals surface area contributed by atoms with Crippen LogP contribution in [0.5, 0.6) is 0 Å². The molecule has 1 heterocycles. The van der Waals surface area contributed by atoms with Gasteiger partial charge in [0.1, 0.15) is 6.04 Å². The summed E-state index contributed by atoms with van der Waals surface area (Å²) in [6.45, 7) is 3.36. The van der Waals surface area contributed by atoms with Crippen LogP contribution in [0.15, 0.2) is 54.6 Å². The van der Waals surface area contributed by atoms with Crippen LogP contribution >= 0.6 is 11.6 Å². The molecule has 4 nitrogen and oxygen atoms in total. The molecule has 0 spiro atoms. The van der Waals surface area contributed by atoms with Crippen molar-refractivity contribution in [2.45, 2.75) is 6.04 Å². The number of piperazine rings is 1. The smallest absolute Gasteiger partial charge is 0.244 e. The highest BCUT2D eigenvalue weighted by Crippen LogP contribution is 2.29. The number of benzene rings is 2. The van der Waals surface area contributed by atoms with Crippen molar-refractivity contribution in [3.8, 4) is 0 Å². The highest BCUT2D eigenvalue weighted by atomic mass is 35.5. The van der Waals surface area contributed by atoms with Gasteiger partial charge in [-0.2, -0.15) is 0 Å². The molecule has 25 heavy (non-hydrogen) atoms. The number of hydrogen-bond donors (Lipinski definition) is 0. The van der Waals surface area contributed by atoms with Crippen molar-refractivity contribution in [3.63, 3.8) is 0 Å². The average Bonchev–Trinajstić information content (AvgIpc) is 2.64. The summed E-state index contributed by atoms with van der Waals surface area (Å²) < 4.78 is 0. The van der Waals surface area contributed by atoms with E-state index < -0.39 is 0 Å². The predicted octanol–water partition coefficient (Wildman–Crippen LogP) is 3.29. The molecule has 0 saturated carbocycles. The maximum absolute atomic E-state index is 12.8. The lowest BCUT2D eigenvalue weighted by Crippen LogP contribution is -2.51. The first-order chi connectivity index (χ1) is 12.1. The summed E-state index contributed by atoms with van der Waals surface area (Å²) in [6, 6.07) is 17.7. The van der Waals surface area contributed by atoms with Gasteiger partial charge in [-0.1, -0.05) is 54.1 Å². The molecule has 3 rings (SSSR count). The molecule has 5 heteroatoms. The summed E-state index contributed by atoms with van der Waals surface area (Å²) >= 11 is 6.33. The fourth-order valence-electron chi connectivity index (χ4n) is 3.32. The van der Waals surface area contributed by atoms with Gasteiger partial charge >= 0.3 is 0 Å². The lowest BCUT2D eigenvalue weighted by Gasteiger charge is -2.40. The van der Waals surface area contributed by atoms with Crippen LogP contribution in [0.25, 0.3) is 0 Å². The molecule has 1 aliphatic rings. The fraction of sp³-hybridized carbons (Fsp3) is 0.350. The first-order valence-corrected chi connectivity index (χ1v) is 8.95. The van der Waals surface area contributed by atoms with Gasteiger partial charge in [0.2, 0.25) is 5.91 Å². The van der Waals surface area contributed by atoms with E-state index in [1.807, 2.05) is 62.6 Å². The van der Waals surface area contributed by atoms with Gasteiger partial charge in [0.15, 0.2) is 0 Å². The Morgan fingerprint density at radius 1 is 0.960 bits per heavy atom. The molecule has 1 saturated heterocycles. The molecule has 1 amide bonds. The number of para-hydroxylation sites is 1. The normalized spacial score (nSPS) is 16.5. The molecule has 0 aliphatic carbocycles. The van der Waals surface area contributed by atoms with Gasteiger partial charge < -0.3 is 9.80 Å². The summed E-state index contributed by atoms with van der Waals surface area (Å²) in [5.41, 5.74) is 2.12. The number of amides is 1. The second kappa shape index (κ2) is 7.89. The van der Waals surface area contributed by atoms with Crippen molar-refractivity contribution in [2.24, 2.45) is 0 Å². The summed E-state index contributed by atoms with van der Waals surface area (Å²) in [5.74, 6) is 0.123. The Balaban J connectivity index is 1.76. The Hall–Kier alpha value is -2.04. The van der Waals surface area contributed by atoms with Crippen molar-refractivity contribution >= 4 is 23.2 Å². The van der Waals surface area contributed by atoms with Crippen molar-refractivity contribution in [3.05, 3.63) is 65.2 Å². The quantitative estimate of drug-likeness (QED) is 0.840. The third-order valence-corrected chi connectivity index (χ3v) is 4.98. The van der Waals surface area contributed by atoms with E-state index in [1.165, 1.54) is 0 Å². The van der Waals surface area contributed by atoms with E-state index in [-0.39, 0.29) is 11.9 Å². The zero-order valence-electron chi connectivity index (χ0n) is 14.7. The number of hydrogen-bond acceptors (Lipinski definition) is 3. The summed E-state index contributed by atoms with van der Waals surface area (Å²) in [6.07, 6.45) is 0. The number of anilines is 1. The molecule has 0 unspecified atom stereocenters. The van der Waals surface area contributed by atoms with Gasteiger partial charge in [0, 0.05) is 40.3 Å². The monoisotopic (exact) mass is 357 g/mol. The van der Waals surface area contributed by atoms with Crippen molar-refractivity contribution in [1.29, 1.82) is 0 Å². The number of carbonyl (C=O) groups excluding carboxylic acids is 1. The van der Waals surface area contributed by atoms with Crippen molar-refractivity contribution in [2.75, 3.05) is 45.2 Å². The van der Waals surface area contributed by atoms with Gasteiger partial charge in [0.05, 0.1) is 10.7 Å². The van der Waals surface area contributed by atoms with Crippen LogP contribution in [0.3, 0.4) is 0 Å². The Labute approximate surface area is 154 Å². The molecule has 1 atom stereocenters. The molecule has 0 radical (unpaired) electrons. The topological polar surface area (TPSA) is 26.8 Å². The van der Waals surface area contributed by atoms with Crippen molar-refractivity contribution in [1.82, 2.24) is 9.80 Å². The molecule has 2 aromatic rings. The predicted molar refractivity (Wildman–Crippen MR) is 103 cm³/mol. The van der Waals surface area contributed by atoms with E-state index >= 15 is 0 Å². The second-order valence-corrected chi connectivity index (χ2v) is 6.93. The standard InChI is InChI=1S/C20H24ClN3O/c1-22(2)20(25)19(16-8-4-3-5-9-16)24-14-12-23(13-15-24)18-11-7-6-10-17(18)21/h3-11,19H,12-15H2,1-2H3/t19-/m0/s1. The van der Waals surface area contributed by atoms with Crippen LogP contribution in [0.4, 0.5) is 5.69 Å². The van der Waals surface area contributed by atoms with Crippen LogP contribution in [0.2, 0.25) is 5.02 Å². The minimum Gasteiger partial charge on any atom is -0.368 e. The van der Waals surface area contributed by atoms with Crippen LogP contribution in [0.1, 0.15) is 11.6 Å². The maximum Gasteiger partial charge on any atom is 0.244 e. The van der Waals surface area contributed by atoms with Crippen LogP contribution < -0.4 is 4.90 Å². The molecule has 0 aromatic heterocycles. The Bertz CT molecular complexity index is 712. The van der Waals surface area contributed by atoms with Crippen LogP contribution in [-0.4, -0.2) is 56.0 Å². The Kier molecular flexibility index (Phi) is 5.61. The molecule has 132 valence electrons. The minimum absolute atomic E-state index is 0.123. The SMILES string of the molecule is CN(C)C(=O)[C@H](c1ccccc1)N1CCN(c2ccccc2Cl)CC1. The maximum atomic E-state index is 12.8. The first-order valence-electron chi connectivity index (χ1n) is 8.57. The van der Waals surface area contributed by atoms with E-state index in [0.717, 1.165) is 42.5 Å². The third-order valence-electron chi connectivity index (χ3n) is 4.66. The highest BCUT2D eigenvalue weighted by molar-refractivity contribution is 6.33. The molecule has 1 fully saturated rings. The van der Waals surface area contributed by atoms with E-state index in [0.29, 0.717) is 0 Å². The largest absolute Gasteiger partial charge is 0.368 e. The Morgan fingerprint density at radius 3 is 2.16 bits per heavy atom. The fourth-order valence-corrected chi connectivity index (χ4v) is 3.57. The summed E-state index contributed by atoms with van der Waals surface area (Å²) in [5, 5.41) is 0.778. The zero-order chi connectivity index (χ0) is 17.8. The van der Waals surface area contributed by atoms with Crippen LogP contribution in [-0.2, 0) is 4.79 Å². The molecular weight excluding hydrogens is 334 g/mol. The number of nitrogens with zero attached hydrogens (tertiary/aromatic N) is 3. The number of carbonyl (C=O) groups is 1. The van der Waals surface area contributed by atoms with E-state index in [2.05, 4.69) is 15.9 Å². The zero-order valence-corrected chi connectivity index (χ0v) is 15.5. The highest BCUT2D eigenvalue weighted by Gasteiger charge is 2.31. The van der Waals surface area contributed by atoms with Gasteiger partial charge in [-0.15, -0.1) is 0 Å². The number of halogens is 1. The second-order valence-electron chi connectivity index (χ2n) is 6.52. The van der Waals surface area contributed by atoms with Crippen molar-refractivity contribution < 1.29 is 4.79 Å². The lowest BCUT2D eigenvalue weighted by atomic mass is 10.0. The van der Waals surface area contributed by atoms with Crippen LogP contribution in [0, 0.1) is 0 Å². The average molecular weight is 358 g/mol. The van der Waals surface area contributed by atoms with Gasteiger partial charge in [-0.05, 0) is 17.7 Å². The summed E-state index contributed by atoms with van der Waals surface area (Å²) in [7, 11) is 3.64. The Morgan fingerprint density at radius 2 is 1.56 bits per heavy atom. The molecule has 0 bridgehead atoms. The summed E-state index contributed by atoms with van der Waals surface area (Å²) in [4.78, 5) is 19.0. The van der Waals surface area contributed by atoms with E-state index in [4.69, 9.17) is 11.6 Å². The molecule has 2 aromatic carbocycles. The third kappa shape index (κ3) is 3.97. The molecular formula is C20H24ClN3O. The minimum atomic E-state index is -0.232. The van der Waals surface area contributed by atoms with Gasteiger partial charge in [-0.3, -0.25) is 9.69 Å². The molecule has 0 N–H and O–H groups in total. The van der Waals surface area contributed by atoms with E-state index in [1.54, 1.807) is 4.90 Å². The number of likely N-dealkylation sites (N-methyl/N-ethyl adjacent to an activating group) is 1. The van der Waals surface area contributed by atoms with Gasteiger partial charge in [-0.25, -0.2) is 0 Å².